The summed E-state index contributed by atoms with van der Waals surface area (Å²) in [6.07, 6.45) is -2.90. The standard InChI is InChI=1S/C22H16BrF3N2O3/c23-18-7-10-20(31-13-14-1-3-15(4-2-14)21(29)30)16(11-18)12-27-28-19-8-5-17(6-9-19)22(24,25)26/h1-12,28H,13H2,(H,29,30)/b27-12+. The van der Waals surface area contributed by atoms with Crippen LogP contribution in [0.4, 0.5) is 18.9 Å². The number of alkyl halides is 3. The van der Waals surface area contributed by atoms with Crippen molar-refractivity contribution in [2.75, 3.05) is 5.43 Å². The van der Waals surface area contributed by atoms with Crippen LogP contribution in [0.15, 0.2) is 76.3 Å². The number of aromatic carboxylic acids is 1. The fourth-order valence-corrected chi connectivity index (χ4v) is 2.95. The predicted octanol–water partition coefficient (Wildman–Crippen LogP) is 6.19. The molecular formula is C22H16BrF3N2O3. The van der Waals surface area contributed by atoms with E-state index in [1.165, 1.54) is 30.5 Å². The van der Waals surface area contributed by atoms with Gasteiger partial charge in [-0.15, -0.1) is 0 Å². The van der Waals surface area contributed by atoms with E-state index in [0.717, 1.165) is 22.2 Å². The van der Waals surface area contributed by atoms with Crippen LogP contribution in [0.2, 0.25) is 0 Å². The van der Waals surface area contributed by atoms with Gasteiger partial charge in [-0.05, 0) is 60.2 Å². The number of ether oxygens (including phenoxy) is 1. The number of benzene rings is 3. The van der Waals surface area contributed by atoms with Crippen LogP contribution in [0.3, 0.4) is 0 Å². The summed E-state index contributed by atoms with van der Waals surface area (Å²) in [5.74, 6) is -0.470. The van der Waals surface area contributed by atoms with Crippen LogP contribution in [-0.4, -0.2) is 17.3 Å². The van der Waals surface area contributed by atoms with E-state index >= 15 is 0 Å². The van der Waals surface area contributed by atoms with Crippen molar-refractivity contribution < 1.29 is 27.8 Å². The number of carbonyl (C=O) groups is 1. The Hall–Kier alpha value is -3.33. The van der Waals surface area contributed by atoms with Crippen molar-refractivity contribution in [1.82, 2.24) is 0 Å². The highest BCUT2D eigenvalue weighted by Gasteiger charge is 2.29. The summed E-state index contributed by atoms with van der Waals surface area (Å²) in [5, 5.41) is 13.0. The van der Waals surface area contributed by atoms with E-state index in [-0.39, 0.29) is 12.2 Å². The summed E-state index contributed by atoms with van der Waals surface area (Å²) in [7, 11) is 0. The van der Waals surface area contributed by atoms with Crippen LogP contribution in [-0.2, 0) is 12.8 Å². The molecule has 0 heterocycles. The summed E-state index contributed by atoms with van der Waals surface area (Å²) in [6, 6.07) is 16.2. The largest absolute Gasteiger partial charge is 0.488 e. The van der Waals surface area contributed by atoms with Gasteiger partial charge in [-0.2, -0.15) is 18.3 Å². The van der Waals surface area contributed by atoms with Crippen LogP contribution < -0.4 is 10.2 Å². The van der Waals surface area contributed by atoms with Crippen molar-refractivity contribution in [2.45, 2.75) is 12.8 Å². The SMILES string of the molecule is O=C(O)c1ccc(COc2ccc(Br)cc2/C=N/Nc2ccc(C(F)(F)F)cc2)cc1. The van der Waals surface area contributed by atoms with Gasteiger partial charge in [0, 0.05) is 10.0 Å². The van der Waals surface area contributed by atoms with Crippen molar-refractivity contribution >= 4 is 33.8 Å². The van der Waals surface area contributed by atoms with Gasteiger partial charge in [-0.1, -0.05) is 28.1 Å². The third-order valence-electron chi connectivity index (χ3n) is 4.18. The van der Waals surface area contributed by atoms with E-state index in [2.05, 4.69) is 26.5 Å². The van der Waals surface area contributed by atoms with Gasteiger partial charge in [0.15, 0.2) is 0 Å². The minimum atomic E-state index is -4.39. The molecule has 0 saturated heterocycles. The van der Waals surface area contributed by atoms with Gasteiger partial charge < -0.3 is 9.84 Å². The first kappa shape index (κ1) is 22.4. The highest BCUT2D eigenvalue weighted by molar-refractivity contribution is 9.10. The molecular weight excluding hydrogens is 477 g/mol. The van der Waals surface area contributed by atoms with Crippen molar-refractivity contribution in [3.8, 4) is 5.75 Å². The molecule has 9 heteroatoms. The minimum absolute atomic E-state index is 0.189. The zero-order valence-corrected chi connectivity index (χ0v) is 17.4. The topological polar surface area (TPSA) is 70.9 Å². The van der Waals surface area contributed by atoms with E-state index in [9.17, 15) is 18.0 Å². The maximum absolute atomic E-state index is 12.6. The number of anilines is 1. The fourth-order valence-electron chi connectivity index (χ4n) is 2.57. The Morgan fingerprint density at radius 2 is 1.74 bits per heavy atom. The molecule has 3 aromatic rings. The summed E-state index contributed by atoms with van der Waals surface area (Å²) in [4.78, 5) is 10.9. The quantitative estimate of drug-likeness (QED) is 0.304. The molecule has 31 heavy (non-hydrogen) atoms. The number of hydrogen-bond acceptors (Lipinski definition) is 4. The predicted molar refractivity (Wildman–Crippen MR) is 115 cm³/mol. The average molecular weight is 493 g/mol. The number of rotatable bonds is 7. The molecule has 0 fully saturated rings. The van der Waals surface area contributed by atoms with Crippen LogP contribution in [0, 0.1) is 0 Å². The smallest absolute Gasteiger partial charge is 0.416 e. The van der Waals surface area contributed by atoms with Gasteiger partial charge in [0.25, 0.3) is 0 Å². The van der Waals surface area contributed by atoms with Crippen molar-refractivity contribution in [2.24, 2.45) is 5.10 Å². The van der Waals surface area contributed by atoms with E-state index in [0.29, 0.717) is 17.0 Å². The first-order valence-electron chi connectivity index (χ1n) is 8.93. The molecule has 0 unspecified atom stereocenters. The zero-order chi connectivity index (χ0) is 22.4. The minimum Gasteiger partial charge on any atom is -0.488 e. The van der Waals surface area contributed by atoms with Crippen molar-refractivity contribution in [3.05, 3.63) is 93.5 Å². The van der Waals surface area contributed by atoms with Crippen LogP contribution >= 0.6 is 15.9 Å². The number of nitrogens with zero attached hydrogens (tertiary/aromatic N) is 1. The molecule has 3 aromatic carbocycles. The molecule has 0 aromatic heterocycles. The number of halogens is 4. The molecule has 0 aliphatic heterocycles. The van der Waals surface area contributed by atoms with E-state index in [4.69, 9.17) is 9.84 Å². The monoisotopic (exact) mass is 492 g/mol. The lowest BCUT2D eigenvalue weighted by molar-refractivity contribution is -0.137. The number of hydrazone groups is 1. The van der Waals surface area contributed by atoms with Gasteiger partial charge in [-0.25, -0.2) is 4.79 Å². The lowest BCUT2D eigenvalue weighted by Crippen LogP contribution is -2.04. The lowest BCUT2D eigenvalue weighted by atomic mass is 10.1. The third kappa shape index (κ3) is 6.32. The molecule has 0 aliphatic carbocycles. The summed E-state index contributed by atoms with van der Waals surface area (Å²) in [5.41, 5.74) is 3.97. The van der Waals surface area contributed by atoms with Gasteiger partial charge in [0.05, 0.1) is 23.0 Å². The second kappa shape index (κ2) is 9.65. The fraction of sp³-hybridized carbons (Fsp3) is 0.0909. The molecule has 0 amide bonds. The van der Waals surface area contributed by atoms with E-state index < -0.39 is 17.7 Å². The van der Waals surface area contributed by atoms with Crippen LogP contribution in [0.5, 0.6) is 5.75 Å². The Balaban J connectivity index is 1.67. The molecule has 5 nitrogen and oxygen atoms in total. The number of carboxylic acid groups (broad SMARTS) is 1. The Morgan fingerprint density at radius 3 is 2.35 bits per heavy atom. The molecule has 0 aliphatic rings. The Bertz CT molecular complexity index is 1080. The van der Waals surface area contributed by atoms with E-state index in [1.54, 1.807) is 30.3 Å². The summed E-state index contributed by atoms with van der Waals surface area (Å²) in [6.45, 7) is 0.217. The number of carboxylic acids is 1. The Kier molecular flexibility index (Phi) is 6.96. The highest BCUT2D eigenvalue weighted by Crippen LogP contribution is 2.30. The average Bonchev–Trinajstić information content (AvgIpc) is 2.73. The van der Waals surface area contributed by atoms with Gasteiger partial charge in [0.2, 0.25) is 0 Å². The van der Waals surface area contributed by atoms with Gasteiger partial charge >= 0.3 is 12.1 Å². The molecule has 0 saturated carbocycles. The second-order valence-electron chi connectivity index (χ2n) is 6.42. The Labute approximate surface area is 184 Å². The van der Waals surface area contributed by atoms with Gasteiger partial charge in [-0.3, -0.25) is 5.43 Å². The number of nitrogens with one attached hydrogen (secondary N) is 1. The first-order chi connectivity index (χ1) is 14.7. The van der Waals surface area contributed by atoms with Crippen LogP contribution in [0.25, 0.3) is 0 Å². The Morgan fingerprint density at radius 1 is 1.06 bits per heavy atom. The summed E-state index contributed by atoms with van der Waals surface area (Å²) >= 11 is 3.38. The highest BCUT2D eigenvalue weighted by atomic mass is 79.9. The molecule has 2 N–H and O–H groups in total. The zero-order valence-electron chi connectivity index (χ0n) is 15.9. The number of hydrogen-bond donors (Lipinski definition) is 2. The molecule has 0 atom stereocenters. The molecule has 0 bridgehead atoms. The van der Waals surface area contributed by atoms with Gasteiger partial charge in [0.1, 0.15) is 12.4 Å². The maximum Gasteiger partial charge on any atom is 0.416 e. The molecule has 160 valence electrons. The van der Waals surface area contributed by atoms with Crippen molar-refractivity contribution in [1.29, 1.82) is 0 Å². The normalized spacial score (nSPS) is 11.5. The van der Waals surface area contributed by atoms with E-state index in [1.807, 2.05) is 0 Å². The molecule has 0 radical (unpaired) electrons. The molecule has 0 spiro atoms. The second-order valence-corrected chi connectivity index (χ2v) is 7.33. The first-order valence-corrected chi connectivity index (χ1v) is 9.72. The lowest BCUT2D eigenvalue weighted by Gasteiger charge is -2.10. The maximum atomic E-state index is 12.6. The van der Waals surface area contributed by atoms with Crippen molar-refractivity contribution in [3.63, 3.8) is 0 Å². The molecule has 3 rings (SSSR count). The third-order valence-corrected chi connectivity index (χ3v) is 4.67. The summed E-state index contributed by atoms with van der Waals surface area (Å²) < 4.78 is 44.5. The van der Waals surface area contributed by atoms with Crippen LogP contribution in [0.1, 0.15) is 27.0 Å².